The summed E-state index contributed by atoms with van der Waals surface area (Å²) in [6.07, 6.45) is 0.671. The maximum absolute atomic E-state index is 11.5. The lowest BCUT2D eigenvalue weighted by Gasteiger charge is -1.98. The van der Waals surface area contributed by atoms with Crippen LogP contribution in [0.3, 0.4) is 0 Å². The Hall–Kier alpha value is -1.39. The van der Waals surface area contributed by atoms with Crippen molar-refractivity contribution in [3.05, 3.63) is 50.9 Å². The first-order chi connectivity index (χ1) is 8.69. The van der Waals surface area contributed by atoms with E-state index in [-0.39, 0.29) is 5.97 Å². The van der Waals surface area contributed by atoms with E-state index in [2.05, 4.69) is 4.98 Å². The summed E-state index contributed by atoms with van der Waals surface area (Å²) in [6.45, 7) is 2.14. The second kappa shape index (κ2) is 5.98. The zero-order valence-corrected chi connectivity index (χ0v) is 11.4. The van der Waals surface area contributed by atoms with Gasteiger partial charge in [0, 0.05) is 16.8 Å². The van der Waals surface area contributed by atoms with Gasteiger partial charge in [-0.05, 0) is 24.6 Å². The van der Waals surface area contributed by atoms with E-state index in [0.29, 0.717) is 23.7 Å². The van der Waals surface area contributed by atoms with Gasteiger partial charge >= 0.3 is 5.97 Å². The first-order valence-electron chi connectivity index (χ1n) is 5.55. The predicted molar refractivity (Wildman–Crippen MR) is 72.3 cm³/mol. The molecule has 0 aliphatic rings. The number of halogens is 1. The van der Waals surface area contributed by atoms with E-state index in [1.807, 2.05) is 24.3 Å². The van der Waals surface area contributed by atoms with Crippen molar-refractivity contribution in [2.24, 2.45) is 0 Å². The minimum absolute atomic E-state index is 0.361. The molecule has 0 atom stereocenters. The number of carbonyl (C=O) groups is 1. The smallest absolute Gasteiger partial charge is 0.357 e. The van der Waals surface area contributed by atoms with Crippen LogP contribution < -0.4 is 0 Å². The fraction of sp³-hybridized carbons (Fsp3) is 0.231. The molecule has 1 aromatic carbocycles. The van der Waals surface area contributed by atoms with Crippen molar-refractivity contribution >= 4 is 28.9 Å². The van der Waals surface area contributed by atoms with Crippen molar-refractivity contribution in [3.8, 4) is 0 Å². The number of benzene rings is 1. The molecule has 3 nitrogen and oxygen atoms in total. The number of esters is 1. The van der Waals surface area contributed by atoms with Gasteiger partial charge in [-0.3, -0.25) is 0 Å². The highest BCUT2D eigenvalue weighted by Gasteiger charge is 2.11. The monoisotopic (exact) mass is 281 g/mol. The zero-order valence-electron chi connectivity index (χ0n) is 9.85. The lowest BCUT2D eigenvalue weighted by Crippen LogP contribution is -2.05. The number of hydrogen-bond donors (Lipinski definition) is 0. The average Bonchev–Trinajstić information content (AvgIpc) is 2.78. The highest BCUT2D eigenvalue weighted by Crippen LogP contribution is 2.18. The van der Waals surface area contributed by atoms with Crippen molar-refractivity contribution in [1.82, 2.24) is 4.98 Å². The van der Waals surface area contributed by atoms with Crippen molar-refractivity contribution in [2.75, 3.05) is 6.61 Å². The minimum Gasteiger partial charge on any atom is -0.461 e. The lowest BCUT2D eigenvalue weighted by molar-refractivity contribution is 0.0520. The van der Waals surface area contributed by atoms with Gasteiger partial charge in [0.25, 0.3) is 0 Å². The quantitative estimate of drug-likeness (QED) is 0.805. The molecule has 0 spiro atoms. The third kappa shape index (κ3) is 3.31. The highest BCUT2D eigenvalue weighted by molar-refractivity contribution is 7.09. The Balaban J connectivity index is 2.09. The molecule has 94 valence electrons. The van der Waals surface area contributed by atoms with Crippen LogP contribution in [0.4, 0.5) is 0 Å². The molecule has 0 radical (unpaired) electrons. The second-order valence-corrected chi connectivity index (χ2v) is 5.03. The maximum atomic E-state index is 11.5. The molecule has 0 saturated heterocycles. The van der Waals surface area contributed by atoms with Gasteiger partial charge in [-0.25, -0.2) is 9.78 Å². The van der Waals surface area contributed by atoms with Crippen molar-refractivity contribution in [2.45, 2.75) is 13.3 Å². The molecule has 0 aliphatic carbocycles. The number of hydrogen-bond acceptors (Lipinski definition) is 4. The number of carbonyl (C=O) groups excluding carboxylic acids is 1. The van der Waals surface area contributed by atoms with Crippen LogP contribution in [0.5, 0.6) is 0 Å². The van der Waals surface area contributed by atoms with E-state index in [9.17, 15) is 4.79 Å². The molecule has 18 heavy (non-hydrogen) atoms. The summed E-state index contributed by atoms with van der Waals surface area (Å²) in [5.74, 6) is -0.369. The van der Waals surface area contributed by atoms with Crippen molar-refractivity contribution < 1.29 is 9.53 Å². The zero-order chi connectivity index (χ0) is 13.0. The Labute approximate surface area is 114 Å². The number of nitrogens with zero attached hydrogens (tertiary/aromatic N) is 1. The summed E-state index contributed by atoms with van der Waals surface area (Å²) < 4.78 is 4.89. The number of ether oxygens (including phenoxy) is 1. The van der Waals surface area contributed by atoms with Gasteiger partial charge in [-0.1, -0.05) is 23.7 Å². The van der Waals surface area contributed by atoms with E-state index in [0.717, 1.165) is 10.6 Å². The van der Waals surface area contributed by atoms with E-state index >= 15 is 0 Å². The number of thiazole rings is 1. The van der Waals surface area contributed by atoms with Crippen LogP contribution in [-0.4, -0.2) is 17.6 Å². The summed E-state index contributed by atoms with van der Waals surface area (Å²) in [4.78, 5) is 15.7. The molecular weight excluding hydrogens is 270 g/mol. The summed E-state index contributed by atoms with van der Waals surface area (Å²) >= 11 is 7.37. The number of rotatable bonds is 4. The van der Waals surface area contributed by atoms with Crippen LogP contribution in [0.1, 0.15) is 28.0 Å². The Morgan fingerprint density at radius 3 is 3.06 bits per heavy atom. The van der Waals surface area contributed by atoms with Gasteiger partial charge < -0.3 is 4.74 Å². The van der Waals surface area contributed by atoms with Gasteiger partial charge in [0.05, 0.1) is 11.6 Å². The SMILES string of the molecule is CCOC(=O)c1csc(Cc2cccc(Cl)c2)n1. The molecule has 0 N–H and O–H groups in total. The molecule has 5 heteroatoms. The molecule has 0 fully saturated rings. The average molecular weight is 282 g/mol. The molecule has 0 amide bonds. The summed E-state index contributed by atoms with van der Waals surface area (Å²) in [5.41, 5.74) is 1.45. The van der Waals surface area contributed by atoms with Crippen LogP contribution in [0.15, 0.2) is 29.6 Å². The minimum atomic E-state index is -0.369. The molecule has 0 bridgehead atoms. The van der Waals surface area contributed by atoms with Crippen molar-refractivity contribution in [3.63, 3.8) is 0 Å². The fourth-order valence-corrected chi connectivity index (χ4v) is 2.52. The van der Waals surface area contributed by atoms with E-state index in [1.165, 1.54) is 11.3 Å². The highest BCUT2D eigenvalue weighted by atomic mass is 35.5. The van der Waals surface area contributed by atoms with Gasteiger partial charge in [0.2, 0.25) is 0 Å². The third-order valence-electron chi connectivity index (χ3n) is 2.28. The maximum Gasteiger partial charge on any atom is 0.357 e. The normalized spacial score (nSPS) is 10.3. The summed E-state index contributed by atoms with van der Waals surface area (Å²) in [5, 5.41) is 3.30. The van der Waals surface area contributed by atoms with Gasteiger partial charge in [0.1, 0.15) is 0 Å². The number of aromatic nitrogens is 1. The first-order valence-corrected chi connectivity index (χ1v) is 6.80. The van der Waals surface area contributed by atoms with Crippen LogP contribution >= 0.6 is 22.9 Å². The Bertz CT molecular complexity index is 553. The molecule has 1 aromatic heterocycles. The largest absolute Gasteiger partial charge is 0.461 e. The van der Waals surface area contributed by atoms with E-state index < -0.39 is 0 Å². The second-order valence-electron chi connectivity index (χ2n) is 3.65. The molecule has 0 saturated carbocycles. The molecule has 0 unspecified atom stereocenters. The van der Waals surface area contributed by atoms with Gasteiger partial charge in [-0.15, -0.1) is 11.3 Å². The Kier molecular flexibility index (Phi) is 4.33. The molecule has 1 heterocycles. The molecular formula is C13H12ClNO2S. The topological polar surface area (TPSA) is 39.2 Å². The van der Waals surface area contributed by atoms with Gasteiger partial charge in [-0.2, -0.15) is 0 Å². The first kappa shape index (κ1) is 13.1. The van der Waals surface area contributed by atoms with Crippen LogP contribution in [-0.2, 0) is 11.2 Å². The Morgan fingerprint density at radius 1 is 1.50 bits per heavy atom. The Morgan fingerprint density at radius 2 is 2.33 bits per heavy atom. The molecule has 2 rings (SSSR count). The van der Waals surface area contributed by atoms with Crippen LogP contribution in [0.2, 0.25) is 5.02 Å². The molecule has 0 aliphatic heterocycles. The van der Waals surface area contributed by atoms with Crippen LogP contribution in [0.25, 0.3) is 0 Å². The lowest BCUT2D eigenvalue weighted by atomic mass is 10.2. The standard InChI is InChI=1S/C13H12ClNO2S/c1-2-17-13(16)11-8-18-12(15-11)7-9-4-3-5-10(14)6-9/h3-6,8H,2,7H2,1H3. The van der Waals surface area contributed by atoms with Gasteiger partial charge in [0.15, 0.2) is 5.69 Å². The van der Waals surface area contributed by atoms with Crippen molar-refractivity contribution in [1.29, 1.82) is 0 Å². The summed E-state index contributed by atoms with van der Waals surface area (Å²) in [7, 11) is 0. The van der Waals surface area contributed by atoms with E-state index in [4.69, 9.17) is 16.3 Å². The molecule has 2 aromatic rings. The third-order valence-corrected chi connectivity index (χ3v) is 3.36. The fourth-order valence-electron chi connectivity index (χ4n) is 1.51. The van der Waals surface area contributed by atoms with Crippen LogP contribution in [0, 0.1) is 0 Å². The van der Waals surface area contributed by atoms with E-state index in [1.54, 1.807) is 12.3 Å². The summed E-state index contributed by atoms with van der Waals surface area (Å²) in [6, 6.07) is 7.61. The predicted octanol–water partition coefficient (Wildman–Crippen LogP) is 3.56.